The molecule has 1 amide bonds. The van der Waals surface area contributed by atoms with Crippen molar-refractivity contribution < 1.29 is 13.9 Å². The van der Waals surface area contributed by atoms with E-state index in [1.807, 2.05) is 36.4 Å². The quantitative estimate of drug-likeness (QED) is 0.730. The molecule has 0 aliphatic rings. The van der Waals surface area contributed by atoms with Gasteiger partial charge < -0.3 is 9.15 Å². The van der Waals surface area contributed by atoms with Crippen LogP contribution in [0.15, 0.2) is 52.9 Å². The molecule has 0 unspecified atom stereocenters. The van der Waals surface area contributed by atoms with Crippen LogP contribution in [0.3, 0.4) is 0 Å². The summed E-state index contributed by atoms with van der Waals surface area (Å²) in [5.41, 5.74) is 1.73. The smallest absolute Gasteiger partial charge is 0.322 e. The van der Waals surface area contributed by atoms with Gasteiger partial charge in [0.2, 0.25) is 11.8 Å². The monoisotopic (exact) mass is 357 g/mol. The van der Waals surface area contributed by atoms with Gasteiger partial charge >= 0.3 is 6.01 Å². The standard InChI is InChI=1S/C18H16ClN3O3/c1-24-14-8-6-12(7-9-14)10-17-21-22-18(25-17)20-16(23)11-13-4-2-3-5-15(13)19/h2-9H,10-11H2,1H3,(H,20,22,23). The Kier molecular flexibility index (Phi) is 5.30. The highest BCUT2D eigenvalue weighted by Gasteiger charge is 2.12. The molecule has 3 aromatic rings. The number of hydrogen-bond donors (Lipinski definition) is 1. The highest BCUT2D eigenvalue weighted by Crippen LogP contribution is 2.17. The molecule has 2 aromatic carbocycles. The normalized spacial score (nSPS) is 10.5. The van der Waals surface area contributed by atoms with Crippen molar-refractivity contribution in [3.05, 3.63) is 70.6 Å². The van der Waals surface area contributed by atoms with E-state index in [-0.39, 0.29) is 18.3 Å². The maximum atomic E-state index is 12.1. The lowest BCUT2D eigenvalue weighted by Crippen LogP contribution is -2.14. The molecule has 7 heteroatoms. The van der Waals surface area contributed by atoms with E-state index < -0.39 is 0 Å². The van der Waals surface area contributed by atoms with Crippen LogP contribution in [0.5, 0.6) is 5.75 Å². The van der Waals surface area contributed by atoms with Gasteiger partial charge in [-0.2, -0.15) is 0 Å². The van der Waals surface area contributed by atoms with Crippen LogP contribution in [0, 0.1) is 0 Å². The molecule has 0 aliphatic carbocycles. The van der Waals surface area contributed by atoms with Gasteiger partial charge in [0.25, 0.3) is 0 Å². The average Bonchev–Trinajstić information content (AvgIpc) is 3.04. The number of nitrogens with one attached hydrogen (secondary N) is 1. The molecule has 0 saturated carbocycles. The van der Waals surface area contributed by atoms with Crippen molar-refractivity contribution in [2.24, 2.45) is 0 Å². The molecule has 1 heterocycles. The SMILES string of the molecule is COc1ccc(Cc2nnc(NC(=O)Cc3ccccc3Cl)o2)cc1. The van der Waals surface area contributed by atoms with E-state index in [1.54, 1.807) is 19.2 Å². The van der Waals surface area contributed by atoms with Crippen LogP contribution in [0.2, 0.25) is 5.02 Å². The van der Waals surface area contributed by atoms with Gasteiger partial charge in [0, 0.05) is 5.02 Å². The second kappa shape index (κ2) is 7.81. The van der Waals surface area contributed by atoms with Crippen molar-refractivity contribution in [2.45, 2.75) is 12.8 Å². The minimum Gasteiger partial charge on any atom is -0.497 e. The van der Waals surface area contributed by atoms with Crippen LogP contribution >= 0.6 is 11.6 Å². The van der Waals surface area contributed by atoms with Crippen LogP contribution in [-0.2, 0) is 17.6 Å². The molecule has 0 bridgehead atoms. The van der Waals surface area contributed by atoms with Crippen LogP contribution in [-0.4, -0.2) is 23.2 Å². The number of rotatable bonds is 6. The molecular weight excluding hydrogens is 342 g/mol. The summed E-state index contributed by atoms with van der Waals surface area (Å²) in [6.07, 6.45) is 0.604. The largest absolute Gasteiger partial charge is 0.497 e. The zero-order valence-corrected chi connectivity index (χ0v) is 14.3. The summed E-state index contributed by atoms with van der Waals surface area (Å²) in [7, 11) is 1.62. The predicted octanol–water partition coefficient (Wildman–Crippen LogP) is 3.50. The van der Waals surface area contributed by atoms with E-state index in [4.69, 9.17) is 20.8 Å². The number of hydrogen-bond acceptors (Lipinski definition) is 5. The molecule has 0 aliphatic heterocycles. The van der Waals surface area contributed by atoms with Gasteiger partial charge in [-0.15, -0.1) is 5.10 Å². The van der Waals surface area contributed by atoms with Gasteiger partial charge in [0.05, 0.1) is 20.0 Å². The highest BCUT2D eigenvalue weighted by molar-refractivity contribution is 6.31. The molecular formula is C18H16ClN3O3. The van der Waals surface area contributed by atoms with Crippen molar-refractivity contribution in [1.29, 1.82) is 0 Å². The molecule has 1 N–H and O–H groups in total. The molecule has 0 saturated heterocycles. The Morgan fingerprint density at radius 1 is 1.16 bits per heavy atom. The Morgan fingerprint density at radius 2 is 1.92 bits per heavy atom. The number of halogens is 1. The lowest BCUT2D eigenvalue weighted by Gasteiger charge is -2.03. The summed E-state index contributed by atoms with van der Waals surface area (Å²) < 4.78 is 10.6. The molecule has 0 spiro atoms. The highest BCUT2D eigenvalue weighted by atomic mass is 35.5. The third-order valence-electron chi connectivity index (χ3n) is 3.54. The molecule has 0 atom stereocenters. The van der Waals surface area contributed by atoms with E-state index in [0.717, 1.165) is 16.9 Å². The molecule has 3 rings (SSSR count). The van der Waals surface area contributed by atoms with E-state index in [0.29, 0.717) is 17.3 Å². The lowest BCUT2D eigenvalue weighted by atomic mass is 10.1. The van der Waals surface area contributed by atoms with Gasteiger partial charge in [-0.25, -0.2) is 0 Å². The maximum absolute atomic E-state index is 12.1. The number of ether oxygens (including phenoxy) is 1. The fourth-order valence-corrected chi connectivity index (χ4v) is 2.47. The van der Waals surface area contributed by atoms with E-state index in [1.165, 1.54) is 0 Å². The number of carbonyl (C=O) groups excluding carboxylic acids is 1. The summed E-state index contributed by atoms with van der Waals surface area (Å²) in [5.74, 6) is 0.924. The predicted molar refractivity (Wildman–Crippen MR) is 93.9 cm³/mol. The average molecular weight is 358 g/mol. The topological polar surface area (TPSA) is 77.3 Å². The third-order valence-corrected chi connectivity index (χ3v) is 3.91. The van der Waals surface area contributed by atoms with Gasteiger partial charge in [-0.05, 0) is 29.3 Å². The first-order valence-electron chi connectivity index (χ1n) is 7.62. The number of aromatic nitrogens is 2. The number of carbonyl (C=O) groups is 1. The Bertz CT molecular complexity index is 862. The van der Waals surface area contributed by atoms with Crippen LogP contribution < -0.4 is 10.1 Å². The molecule has 6 nitrogen and oxygen atoms in total. The Morgan fingerprint density at radius 3 is 2.64 bits per heavy atom. The zero-order chi connectivity index (χ0) is 17.6. The van der Waals surface area contributed by atoms with E-state index in [9.17, 15) is 4.79 Å². The first kappa shape index (κ1) is 17.0. The fraction of sp³-hybridized carbons (Fsp3) is 0.167. The van der Waals surface area contributed by atoms with Crippen LogP contribution in [0.25, 0.3) is 0 Å². The van der Waals surface area contributed by atoms with Gasteiger partial charge in [0.1, 0.15) is 5.75 Å². The molecule has 0 radical (unpaired) electrons. The Balaban J connectivity index is 1.59. The Hall–Kier alpha value is -2.86. The molecule has 0 fully saturated rings. The van der Waals surface area contributed by atoms with Crippen molar-refractivity contribution in [3.8, 4) is 5.75 Å². The van der Waals surface area contributed by atoms with Crippen molar-refractivity contribution >= 4 is 23.5 Å². The minimum absolute atomic E-state index is 0.0700. The molecule has 128 valence electrons. The number of methoxy groups -OCH3 is 1. The molecule has 1 aromatic heterocycles. The van der Waals surface area contributed by atoms with Crippen LogP contribution in [0.1, 0.15) is 17.0 Å². The van der Waals surface area contributed by atoms with Crippen molar-refractivity contribution in [2.75, 3.05) is 12.4 Å². The summed E-state index contributed by atoms with van der Waals surface area (Å²) in [5, 5.41) is 10.9. The van der Waals surface area contributed by atoms with Gasteiger partial charge in [0.15, 0.2) is 0 Å². The van der Waals surface area contributed by atoms with Crippen LogP contribution in [0.4, 0.5) is 6.01 Å². The number of benzene rings is 2. The first-order chi connectivity index (χ1) is 12.1. The number of anilines is 1. The third kappa shape index (κ3) is 4.58. The maximum Gasteiger partial charge on any atom is 0.322 e. The molecule has 25 heavy (non-hydrogen) atoms. The van der Waals surface area contributed by atoms with Gasteiger partial charge in [-0.3, -0.25) is 10.1 Å². The zero-order valence-electron chi connectivity index (χ0n) is 13.5. The second-order valence-electron chi connectivity index (χ2n) is 5.34. The summed E-state index contributed by atoms with van der Waals surface area (Å²) in [6, 6.07) is 14.8. The summed E-state index contributed by atoms with van der Waals surface area (Å²) >= 11 is 6.05. The van der Waals surface area contributed by atoms with E-state index >= 15 is 0 Å². The summed E-state index contributed by atoms with van der Waals surface area (Å²) in [4.78, 5) is 12.1. The van der Waals surface area contributed by atoms with Crippen molar-refractivity contribution in [3.63, 3.8) is 0 Å². The van der Waals surface area contributed by atoms with Crippen molar-refractivity contribution in [1.82, 2.24) is 10.2 Å². The lowest BCUT2D eigenvalue weighted by molar-refractivity contribution is -0.115. The first-order valence-corrected chi connectivity index (χ1v) is 8.00. The minimum atomic E-state index is -0.271. The Labute approximate surface area is 149 Å². The summed E-state index contributed by atoms with van der Waals surface area (Å²) in [6.45, 7) is 0. The van der Waals surface area contributed by atoms with Gasteiger partial charge in [-0.1, -0.05) is 47.0 Å². The fourth-order valence-electron chi connectivity index (χ4n) is 2.27. The number of amides is 1. The number of nitrogens with zero attached hydrogens (tertiary/aromatic N) is 2. The van der Waals surface area contributed by atoms with E-state index in [2.05, 4.69) is 15.5 Å². The second-order valence-corrected chi connectivity index (χ2v) is 5.75.